The summed E-state index contributed by atoms with van der Waals surface area (Å²) in [5, 5.41) is 14.5. The van der Waals surface area contributed by atoms with Gasteiger partial charge in [-0.2, -0.15) is 0 Å². The lowest BCUT2D eigenvalue weighted by Gasteiger charge is -2.26. The average molecular weight is 333 g/mol. The fraction of sp³-hybridized carbons (Fsp3) is 0.375. The molecule has 0 aromatic heterocycles. The normalized spacial score (nSPS) is 19.8. The van der Waals surface area contributed by atoms with Gasteiger partial charge in [-0.3, -0.25) is 4.79 Å². The van der Waals surface area contributed by atoms with Crippen LogP contribution in [0.25, 0.3) is 0 Å². The Hall–Kier alpha value is -2.74. The van der Waals surface area contributed by atoms with E-state index in [0.29, 0.717) is 28.3 Å². The van der Waals surface area contributed by atoms with Crippen LogP contribution in [0.3, 0.4) is 0 Å². The number of benzene rings is 1. The molecule has 0 saturated heterocycles. The number of methoxy groups -OCH3 is 2. The molecule has 0 fully saturated rings. The number of nitrogens with one attached hydrogen (secondary N) is 2. The molecule has 2 aliphatic rings. The van der Waals surface area contributed by atoms with Gasteiger partial charge in [0.1, 0.15) is 0 Å². The number of nitrogens with zero attached hydrogens (tertiary/aromatic N) is 1. The van der Waals surface area contributed by atoms with Crippen molar-refractivity contribution in [1.82, 2.24) is 15.5 Å². The van der Waals surface area contributed by atoms with Gasteiger partial charge < -0.3 is 30.1 Å². The van der Waals surface area contributed by atoms with E-state index in [1.165, 1.54) is 19.1 Å². The van der Waals surface area contributed by atoms with Crippen molar-refractivity contribution in [3.8, 4) is 11.5 Å². The molecule has 128 valence electrons. The third kappa shape index (κ3) is 2.65. The molecule has 0 bridgehead atoms. The van der Waals surface area contributed by atoms with Gasteiger partial charge in [0.2, 0.25) is 0 Å². The number of hydrogen-bond acceptors (Lipinski definition) is 5. The van der Waals surface area contributed by atoms with E-state index in [0.717, 1.165) is 0 Å². The number of aliphatic hydroxyl groups excluding tert-OH is 1. The van der Waals surface area contributed by atoms with Crippen molar-refractivity contribution in [2.45, 2.75) is 6.04 Å². The average Bonchev–Trinajstić information content (AvgIpc) is 2.89. The summed E-state index contributed by atoms with van der Waals surface area (Å²) in [6, 6.07) is 4.30. The highest BCUT2D eigenvalue weighted by Crippen LogP contribution is 2.36. The largest absolute Gasteiger partial charge is 0.493 e. The lowest BCUT2D eigenvalue weighted by atomic mass is 9.96. The van der Waals surface area contributed by atoms with Crippen molar-refractivity contribution in [2.75, 3.05) is 33.9 Å². The van der Waals surface area contributed by atoms with Gasteiger partial charge in [-0.25, -0.2) is 4.79 Å². The van der Waals surface area contributed by atoms with Crippen LogP contribution in [0.15, 0.2) is 29.5 Å². The Kier molecular flexibility index (Phi) is 4.30. The summed E-state index contributed by atoms with van der Waals surface area (Å²) in [5.74, 6) is 0.879. The Morgan fingerprint density at radius 1 is 1.25 bits per heavy atom. The van der Waals surface area contributed by atoms with E-state index >= 15 is 0 Å². The molecule has 8 heteroatoms. The van der Waals surface area contributed by atoms with Crippen molar-refractivity contribution in [3.05, 3.63) is 35.0 Å². The van der Waals surface area contributed by atoms with E-state index in [9.17, 15) is 9.59 Å². The summed E-state index contributed by atoms with van der Waals surface area (Å²) in [5.41, 5.74) is 1.77. The molecular formula is C16H19N3O5. The van der Waals surface area contributed by atoms with E-state index in [1.54, 1.807) is 18.2 Å². The number of urea groups is 1. The fourth-order valence-electron chi connectivity index (χ4n) is 3.01. The standard InChI is InChI=1S/C16H19N3O5/c1-23-11-4-3-9(7-12(11)24-2)14-13-10(17-16(22)18-14)8-19(5-6-20)15(13)21/h3-4,7,14,20H,5-6,8H2,1-2H3,(H2,17,18,22)/t14-/m0/s1. The van der Waals surface area contributed by atoms with Crippen LogP contribution < -0.4 is 20.1 Å². The molecule has 0 unspecified atom stereocenters. The summed E-state index contributed by atoms with van der Waals surface area (Å²) in [6.07, 6.45) is 0. The first-order chi connectivity index (χ1) is 11.6. The molecule has 3 amide bonds. The summed E-state index contributed by atoms with van der Waals surface area (Å²) >= 11 is 0. The van der Waals surface area contributed by atoms with E-state index in [1.807, 2.05) is 0 Å². The number of hydrogen-bond donors (Lipinski definition) is 3. The number of carbonyl (C=O) groups excluding carboxylic acids is 2. The number of β-amino-alcohol motifs (C(OH)–C–C–N with tert-alkyl or cyclic N) is 1. The van der Waals surface area contributed by atoms with Crippen LogP contribution >= 0.6 is 0 Å². The van der Waals surface area contributed by atoms with Gasteiger partial charge in [0.15, 0.2) is 11.5 Å². The SMILES string of the molecule is COc1ccc([C@@H]2NC(=O)NC3=C2C(=O)N(CCO)C3)cc1OC. The zero-order chi connectivity index (χ0) is 17.3. The molecule has 0 radical (unpaired) electrons. The van der Waals surface area contributed by atoms with Crippen LogP contribution in [0.4, 0.5) is 4.79 Å². The summed E-state index contributed by atoms with van der Waals surface area (Å²) in [4.78, 5) is 26.1. The van der Waals surface area contributed by atoms with E-state index in [2.05, 4.69) is 10.6 Å². The first-order valence-corrected chi connectivity index (χ1v) is 7.51. The van der Waals surface area contributed by atoms with Crippen LogP contribution in [-0.2, 0) is 4.79 Å². The molecule has 8 nitrogen and oxygen atoms in total. The van der Waals surface area contributed by atoms with Crippen molar-refractivity contribution in [1.29, 1.82) is 0 Å². The maximum absolute atomic E-state index is 12.6. The van der Waals surface area contributed by atoms with E-state index in [4.69, 9.17) is 14.6 Å². The summed E-state index contributed by atoms with van der Waals surface area (Å²) in [6.45, 7) is 0.376. The van der Waals surface area contributed by atoms with Crippen molar-refractivity contribution in [2.24, 2.45) is 0 Å². The first-order valence-electron chi connectivity index (χ1n) is 7.51. The number of rotatable bonds is 5. The molecule has 0 saturated carbocycles. The lowest BCUT2D eigenvalue weighted by Crippen LogP contribution is -2.44. The van der Waals surface area contributed by atoms with Crippen LogP contribution in [0.2, 0.25) is 0 Å². The topological polar surface area (TPSA) is 100 Å². The zero-order valence-corrected chi connectivity index (χ0v) is 13.5. The quantitative estimate of drug-likeness (QED) is 0.712. The second-order valence-corrected chi connectivity index (χ2v) is 5.49. The zero-order valence-electron chi connectivity index (χ0n) is 13.5. The molecule has 2 aliphatic heterocycles. The van der Waals surface area contributed by atoms with Crippen LogP contribution in [0.1, 0.15) is 11.6 Å². The molecule has 24 heavy (non-hydrogen) atoms. The monoisotopic (exact) mass is 333 g/mol. The molecule has 3 rings (SSSR count). The van der Waals surface area contributed by atoms with Gasteiger partial charge >= 0.3 is 6.03 Å². The molecule has 1 aromatic carbocycles. The molecule has 0 aliphatic carbocycles. The Bertz CT molecular complexity index is 716. The molecule has 3 N–H and O–H groups in total. The smallest absolute Gasteiger partial charge is 0.319 e. The van der Waals surface area contributed by atoms with Gasteiger partial charge in [0, 0.05) is 6.54 Å². The minimum atomic E-state index is -0.579. The van der Waals surface area contributed by atoms with Crippen molar-refractivity contribution >= 4 is 11.9 Å². The minimum absolute atomic E-state index is 0.130. The molecule has 2 heterocycles. The first kappa shape index (κ1) is 16.1. The number of aliphatic hydroxyl groups is 1. The fourth-order valence-corrected chi connectivity index (χ4v) is 3.01. The van der Waals surface area contributed by atoms with Crippen LogP contribution in [-0.4, -0.2) is 55.9 Å². The minimum Gasteiger partial charge on any atom is -0.493 e. The summed E-state index contributed by atoms with van der Waals surface area (Å²) in [7, 11) is 3.06. The Morgan fingerprint density at radius 2 is 2.00 bits per heavy atom. The van der Waals surface area contributed by atoms with Crippen LogP contribution in [0.5, 0.6) is 11.5 Å². The Balaban J connectivity index is 1.99. The molecule has 0 spiro atoms. The van der Waals surface area contributed by atoms with E-state index < -0.39 is 6.04 Å². The second kappa shape index (κ2) is 6.40. The number of carbonyl (C=O) groups is 2. The summed E-state index contributed by atoms with van der Waals surface area (Å²) < 4.78 is 10.5. The van der Waals surface area contributed by atoms with Gasteiger partial charge in [-0.15, -0.1) is 0 Å². The van der Waals surface area contributed by atoms with Gasteiger partial charge in [-0.05, 0) is 17.7 Å². The van der Waals surface area contributed by atoms with Crippen molar-refractivity contribution < 1.29 is 24.2 Å². The van der Waals surface area contributed by atoms with Gasteiger partial charge in [0.05, 0.1) is 44.7 Å². The Morgan fingerprint density at radius 3 is 2.67 bits per heavy atom. The van der Waals surface area contributed by atoms with Crippen LogP contribution in [0, 0.1) is 0 Å². The highest BCUT2D eigenvalue weighted by molar-refractivity contribution is 6.01. The Labute approximate surface area is 139 Å². The highest BCUT2D eigenvalue weighted by atomic mass is 16.5. The molecular weight excluding hydrogens is 314 g/mol. The maximum Gasteiger partial charge on any atom is 0.319 e. The highest BCUT2D eigenvalue weighted by Gasteiger charge is 2.40. The molecule has 1 aromatic rings. The number of amides is 3. The third-order valence-corrected chi connectivity index (χ3v) is 4.13. The predicted octanol–water partition coefficient (Wildman–Crippen LogP) is 0.146. The van der Waals surface area contributed by atoms with Crippen molar-refractivity contribution in [3.63, 3.8) is 0 Å². The van der Waals surface area contributed by atoms with Gasteiger partial charge in [-0.1, -0.05) is 6.07 Å². The van der Waals surface area contributed by atoms with Gasteiger partial charge in [0.25, 0.3) is 5.91 Å². The molecule has 1 atom stereocenters. The second-order valence-electron chi connectivity index (χ2n) is 5.49. The number of ether oxygens (including phenoxy) is 2. The lowest BCUT2D eigenvalue weighted by molar-refractivity contribution is -0.126. The van der Waals surface area contributed by atoms with E-state index in [-0.39, 0.29) is 31.6 Å². The predicted molar refractivity (Wildman–Crippen MR) is 84.6 cm³/mol. The maximum atomic E-state index is 12.6. The third-order valence-electron chi connectivity index (χ3n) is 4.13.